The van der Waals surface area contributed by atoms with Gasteiger partial charge in [-0.1, -0.05) is 27.2 Å². The third-order valence-corrected chi connectivity index (χ3v) is 4.48. The number of carbonyl (C=O) groups is 1. The van der Waals surface area contributed by atoms with Crippen molar-refractivity contribution >= 4 is 5.91 Å². The van der Waals surface area contributed by atoms with E-state index in [-0.39, 0.29) is 17.4 Å². The molecule has 2 aliphatic rings. The summed E-state index contributed by atoms with van der Waals surface area (Å²) in [5.74, 6) is 0.925. The largest absolute Gasteiger partial charge is 0.338 e. The molecule has 1 aliphatic carbocycles. The van der Waals surface area contributed by atoms with Gasteiger partial charge in [-0.2, -0.15) is 0 Å². The lowest BCUT2D eigenvalue weighted by molar-refractivity contribution is -0.139. The Morgan fingerprint density at radius 1 is 1.24 bits per heavy atom. The van der Waals surface area contributed by atoms with Crippen molar-refractivity contribution in [1.82, 2.24) is 4.90 Å². The molecule has 2 fully saturated rings. The number of nitrogens with two attached hydrogens (primary N) is 1. The molecule has 1 saturated heterocycles. The standard InChI is InChI=1S/C14H26N2O/c1-14(2,3)12(15)13(17)16-9-5-7-10-6-4-8-11(10)16/h10-12H,4-9,15H2,1-3H3/t10?,11?,12-/m1/s1. The Bertz CT molecular complexity index is 295. The van der Waals surface area contributed by atoms with Crippen LogP contribution >= 0.6 is 0 Å². The Morgan fingerprint density at radius 2 is 1.88 bits per heavy atom. The highest BCUT2D eigenvalue weighted by Gasteiger charge is 2.40. The van der Waals surface area contributed by atoms with E-state index in [1.54, 1.807) is 0 Å². The molecule has 3 atom stereocenters. The Hall–Kier alpha value is -0.570. The third kappa shape index (κ3) is 2.49. The monoisotopic (exact) mass is 238 g/mol. The second kappa shape index (κ2) is 4.60. The highest BCUT2D eigenvalue weighted by Crippen LogP contribution is 2.37. The van der Waals surface area contributed by atoms with Crippen LogP contribution in [0.25, 0.3) is 0 Å². The molecule has 17 heavy (non-hydrogen) atoms. The van der Waals surface area contributed by atoms with Crippen LogP contribution in [-0.4, -0.2) is 29.4 Å². The smallest absolute Gasteiger partial charge is 0.240 e. The molecule has 0 aromatic carbocycles. The van der Waals surface area contributed by atoms with Gasteiger partial charge in [0.05, 0.1) is 6.04 Å². The molecule has 3 heteroatoms. The van der Waals surface area contributed by atoms with E-state index < -0.39 is 0 Å². The molecule has 2 N–H and O–H groups in total. The molecule has 0 spiro atoms. The van der Waals surface area contributed by atoms with Gasteiger partial charge < -0.3 is 10.6 Å². The second-order valence-electron chi connectivity index (χ2n) is 6.78. The zero-order valence-electron chi connectivity index (χ0n) is 11.4. The number of piperidine rings is 1. The van der Waals surface area contributed by atoms with Gasteiger partial charge >= 0.3 is 0 Å². The van der Waals surface area contributed by atoms with E-state index in [1.807, 2.05) is 20.8 Å². The number of rotatable bonds is 1. The van der Waals surface area contributed by atoms with Crippen LogP contribution in [-0.2, 0) is 4.79 Å². The van der Waals surface area contributed by atoms with E-state index >= 15 is 0 Å². The molecule has 1 heterocycles. The number of hydrogen-bond donors (Lipinski definition) is 1. The van der Waals surface area contributed by atoms with Crippen LogP contribution < -0.4 is 5.73 Å². The average Bonchev–Trinajstić information content (AvgIpc) is 2.73. The maximum Gasteiger partial charge on any atom is 0.240 e. The molecular weight excluding hydrogens is 212 g/mol. The maximum atomic E-state index is 12.5. The highest BCUT2D eigenvalue weighted by molar-refractivity contribution is 5.83. The fourth-order valence-corrected chi connectivity index (χ4v) is 3.28. The molecule has 1 amide bonds. The number of likely N-dealkylation sites (tertiary alicyclic amines) is 1. The van der Waals surface area contributed by atoms with Gasteiger partial charge in [0.1, 0.15) is 0 Å². The van der Waals surface area contributed by atoms with Crippen molar-refractivity contribution in [1.29, 1.82) is 0 Å². The lowest BCUT2D eigenvalue weighted by atomic mass is 9.84. The van der Waals surface area contributed by atoms with E-state index in [0.29, 0.717) is 6.04 Å². The number of fused-ring (bicyclic) bond motifs is 1. The van der Waals surface area contributed by atoms with Gasteiger partial charge in [-0.25, -0.2) is 0 Å². The highest BCUT2D eigenvalue weighted by atomic mass is 16.2. The van der Waals surface area contributed by atoms with E-state index in [1.165, 1.54) is 25.7 Å². The van der Waals surface area contributed by atoms with Crippen LogP contribution in [0.3, 0.4) is 0 Å². The maximum absolute atomic E-state index is 12.5. The van der Waals surface area contributed by atoms with Crippen LogP contribution in [0.15, 0.2) is 0 Å². The lowest BCUT2D eigenvalue weighted by Gasteiger charge is -2.41. The number of hydrogen-bond acceptors (Lipinski definition) is 2. The summed E-state index contributed by atoms with van der Waals surface area (Å²) in [4.78, 5) is 14.6. The average molecular weight is 238 g/mol. The number of carbonyl (C=O) groups excluding carboxylic acids is 1. The minimum Gasteiger partial charge on any atom is -0.338 e. The van der Waals surface area contributed by atoms with Crippen LogP contribution in [0.5, 0.6) is 0 Å². The first-order chi connectivity index (χ1) is 7.91. The molecule has 1 saturated carbocycles. The summed E-state index contributed by atoms with van der Waals surface area (Å²) in [6.45, 7) is 7.06. The lowest BCUT2D eigenvalue weighted by Crippen LogP contribution is -2.55. The van der Waals surface area contributed by atoms with Gasteiger partial charge in [-0.3, -0.25) is 4.79 Å². The van der Waals surface area contributed by atoms with E-state index in [0.717, 1.165) is 18.9 Å². The first-order valence-corrected chi connectivity index (χ1v) is 6.97. The van der Waals surface area contributed by atoms with Crippen LogP contribution in [0, 0.1) is 11.3 Å². The van der Waals surface area contributed by atoms with Crippen molar-refractivity contribution in [3.63, 3.8) is 0 Å². The Morgan fingerprint density at radius 3 is 2.53 bits per heavy atom. The minimum absolute atomic E-state index is 0.136. The molecule has 2 rings (SSSR count). The van der Waals surface area contributed by atoms with Crippen molar-refractivity contribution < 1.29 is 4.79 Å². The Kier molecular flexibility index (Phi) is 3.48. The van der Waals surface area contributed by atoms with Gasteiger partial charge in [-0.05, 0) is 37.0 Å². The predicted molar refractivity (Wildman–Crippen MR) is 69.5 cm³/mol. The van der Waals surface area contributed by atoms with Gasteiger partial charge in [0.15, 0.2) is 0 Å². The van der Waals surface area contributed by atoms with Gasteiger partial charge in [0.25, 0.3) is 0 Å². The molecule has 98 valence electrons. The van der Waals surface area contributed by atoms with Crippen LogP contribution in [0.1, 0.15) is 52.9 Å². The van der Waals surface area contributed by atoms with Crippen molar-refractivity contribution in [2.45, 2.75) is 65.0 Å². The molecule has 0 bridgehead atoms. The van der Waals surface area contributed by atoms with E-state index in [9.17, 15) is 4.79 Å². The number of amides is 1. The van der Waals surface area contributed by atoms with Crippen molar-refractivity contribution in [3.8, 4) is 0 Å². The van der Waals surface area contributed by atoms with Crippen molar-refractivity contribution in [2.75, 3.05) is 6.54 Å². The molecule has 0 aromatic heterocycles. The SMILES string of the molecule is CC(C)(C)[C@H](N)C(=O)N1CCCC2CCCC21. The molecule has 1 aliphatic heterocycles. The first kappa shape index (κ1) is 12.9. The summed E-state index contributed by atoms with van der Waals surface area (Å²) in [5, 5.41) is 0. The fourth-order valence-electron chi connectivity index (χ4n) is 3.28. The topological polar surface area (TPSA) is 46.3 Å². The summed E-state index contributed by atoms with van der Waals surface area (Å²) in [7, 11) is 0. The predicted octanol–water partition coefficient (Wildman–Crippen LogP) is 2.15. The number of nitrogens with zero attached hydrogens (tertiary/aromatic N) is 1. The molecule has 0 aromatic rings. The van der Waals surface area contributed by atoms with E-state index in [2.05, 4.69) is 4.90 Å². The van der Waals surface area contributed by atoms with Gasteiger partial charge in [-0.15, -0.1) is 0 Å². The fraction of sp³-hybridized carbons (Fsp3) is 0.929. The summed E-state index contributed by atoms with van der Waals surface area (Å²) >= 11 is 0. The second-order valence-corrected chi connectivity index (χ2v) is 6.78. The Balaban J connectivity index is 2.08. The zero-order chi connectivity index (χ0) is 12.6. The summed E-state index contributed by atoms with van der Waals surface area (Å²) in [5.41, 5.74) is 5.98. The van der Waals surface area contributed by atoms with Gasteiger partial charge in [0, 0.05) is 12.6 Å². The minimum atomic E-state index is -0.359. The molecule has 2 unspecified atom stereocenters. The van der Waals surface area contributed by atoms with Crippen LogP contribution in [0.2, 0.25) is 0 Å². The third-order valence-electron chi connectivity index (χ3n) is 4.48. The van der Waals surface area contributed by atoms with Crippen LogP contribution in [0.4, 0.5) is 0 Å². The first-order valence-electron chi connectivity index (χ1n) is 6.97. The molecule has 3 nitrogen and oxygen atoms in total. The summed E-state index contributed by atoms with van der Waals surface area (Å²) in [6, 6.07) is 0.131. The normalized spacial score (nSPS) is 31.2. The molecule has 0 radical (unpaired) electrons. The Labute approximate surface area is 105 Å². The van der Waals surface area contributed by atoms with Crippen molar-refractivity contribution in [2.24, 2.45) is 17.1 Å². The van der Waals surface area contributed by atoms with Gasteiger partial charge in [0.2, 0.25) is 5.91 Å². The van der Waals surface area contributed by atoms with E-state index in [4.69, 9.17) is 5.73 Å². The quantitative estimate of drug-likeness (QED) is 0.761. The summed E-state index contributed by atoms with van der Waals surface area (Å²) in [6.07, 6.45) is 6.24. The zero-order valence-corrected chi connectivity index (χ0v) is 11.4. The molecular formula is C14H26N2O. The van der Waals surface area contributed by atoms with Crippen molar-refractivity contribution in [3.05, 3.63) is 0 Å². The summed E-state index contributed by atoms with van der Waals surface area (Å²) < 4.78 is 0.